The summed E-state index contributed by atoms with van der Waals surface area (Å²) in [4.78, 5) is 2.35. The Kier molecular flexibility index (Phi) is 5.07. The molecule has 1 aliphatic rings. The first-order valence-corrected chi connectivity index (χ1v) is 7.32. The zero-order chi connectivity index (χ0) is 14.0. The average molecular weight is 305 g/mol. The van der Waals surface area contributed by atoms with E-state index in [1.54, 1.807) is 0 Å². The zero-order valence-corrected chi connectivity index (χ0v) is 12.7. The SMILES string of the molecule is CC(NCC1CCCN1C)c1cc(F)c(Cl)cc1Cl. The molecule has 1 N–H and O–H groups in total. The van der Waals surface area contributed by atoms with Crippen molar-refractivity contribution in [2.45, 2.75) is 31.8 Å². The van der Waals surface area contributed by atoms with Gasteiger partial charge in [0.25, 0.3) is 0 Å². The molecule has 0 saturated carbocycles. The third-order valence-corrected chi connectivity index (χ3v) is 4.45. The molecule has 2 rings (SSSR count). The summed E-state index contributed by atoms with van der Waals surface area (Å²) in [6.45, 7) is 4.03. The van der Waals surface area contributed by atoms with Crippen molar-refractivity contribution in [3.8, 4) is 0 Å². The minimum Gasteiger partial charge on any atom is -0.309 e. The predicted octanol–water partition coefficient (Wildman–Crippen LogP) is 3.88. The van der Waals surface area contributed by atoms with Crippen LogP contribution in [0.5, 0.6) is 0 Å². The second-order valence-electron chi connectivity index (χ2n) is 5.19. The maximum atomic E-state index is 13.5. The Bertz CT molecular complexity index is 453. The molecule has 1 fully saturated rings. The molecule has 19 heavy (non-hydrogen) atoms. The number of likely N-dealkylation sites (tertiary alicyclic amines) is 1. The molecule has 1 saturated heterocycles. The van der Waals surface area contributed by atoms with Crippen LogP contribution in [-0.4, -0.2) is 31.1 Å². The highest BCUT2D eigenvalue weighted by atomic mass is 35.5. The molecule has 2 nitrogen and oxygen atoms in total. The summed E-state index contributed by atoms with van der Waals surface area (Å²) < 4.78 is 13.5. The van der Waals surface area contributed by atoms with E-state index in [0.29, 0.717) is 11.1 Å². The summed E-state index contributed by atoms with van der Waals surface area (Å²) in [7, 11) is 2.14. The molecule has 0 radical (unpaired) electrons. The van der Waals surface area contributed by atoms with Crippen molar-refractivity contribution in [1.29, 1.82) is 0 Å². The third kappa shape index (κ3) is 3.60. The molecule has 0 bridgehead atoms. The van der Waals surface area contributed by atoms with Crippen molar-refractivity contribution < 1.29 is 4.39 Å². The first-order valence-electron chi connectivity index (χ1n) is 6.57. The molecule has 5 heteroatoms. The fourth-order valence-electron chi connectivity index (χ4n) is 2.53. The van der Waals surface area contributed by atoms with E-state index in [4.69, 9.17) is 23.2 Å². The van der Waals surface area contributed by atoms with Crippen LogP contribution >= 0.6 is 23.2 Å². The number of hydrogen-bond donors (Lipinski definition) is 1. The largest absolute Gasteiger partial charge is 0.309 e. The van der Waals surface area contributed by atoms with Crippen LogP contribution in [0.25, 0.3) is 0 Å². The molecule has 0 amide bonds. The maximum absolute atomic E-state index is 13.5. The molecule has 1 aromatic carbocycles. The van der Waals surface area contributed by atoms with Crippen LogP contribution in [-0.2, 0) is 0 Å². The van der Waals surface area contributed by atoms with Crippen molar-refractivity contribution >= 4 is 23.2 Å². The van der Waals surface area contributed by atoms with Gasteiger partial charge in [-0.1, -0.05) is 23.2 Å². The van der Waals surface area contributed by atoms with Gasteiger partial charge in [0.05, 0.1) is 5.02 Å². The Morgan fingerprint density at radius 2 is 2.16 bits per heavy atom. The second-order valence-corrected chi connectivity index (χ2v) is 6.01. The van der Waals surface area contributed by atoms with E-state index >= 15 is 0 Å². The molecule has 1 heterocycles. The van der Waals surface area contributed by atoms with Gasteiger partial charge in [-0.3, -0.25) is 0 Å². The maximum Gasteiger partial charge on any atom is 0.142 e. The Morgan fingerprint density at radius 3 is 2.79 bits per heavy atom. The number of benzene rings is 1. The minimum absolute atomic E-state index is 0.00765. The van der Waals surface area contributed by atoms with Crippen LogP contribution in [0.2, 0.25) is 10.0 Å². The number of hydrogen-bond acceptors (Lipinski definition) is 2. The second kappa shape index (κ2) is 6.40. The van der Waals surface area contributed by atoms with E-state index in [1.165, 1.54) is 25.0 Å². The summed E-state index contributed by atoms with van der Waals surface area (Å²) in [5.74, 6) is -0.423. The van der Waals surface area contributed by atoms with E-state index in [0.717, 1.165) is 18.7 Å². The standard InChI is InChI=1S/C14H19Cl2FN2/c1-9(18-8-10-4-3-5-19(10)2)11-6-14(17)13(16)7-12(11)15/h6-7,9-10,18H,3-5,8H2,1-2H3. The lowest BCUT2D eigenvalue weighted by Gasteiger charge is -2.23. The molecule has 0 spiro atoms. The predicted molar refractivity (Wildman–Crippen MR) is 78.5 cm³/mol. The quantitative estimate of drug-likeness (QED) is 0.849. The van der Waals surface area contributed by atoms with Crippen LogP contribution in [0.3, 0.4) is 0 Å². The van der Waals surface area contributed by atoms with Gasteiger partial charge in [-0.05, 0) is 51.1 Å². The van der Waals surface area contributed by atoms with Crippen molar-refractivity contribution in [2.24, 2.45) is 0 Å². The Morgan fingerprint density at radius 1 is 1.42 bits per heavy atom. The number of nitrogens with zero attached hydrogens (tertiary/aromatic N) is 1. The molecule has 0 aliphatic carbocycles. The van der Waals surface area contributed by atoms with E-state index in [-0.39, 0.29) is 11.1 Å². The smallest absolute Gasteiger partial charge is 0.142 e. The van der Waals surface area contributed by atoms with E-state index in [2.05, 4.69) is 17.3 Å². The fourth-order valence-corrected chi connectivity index (χ4v) is 3.08. The highest BCUT2D eigenvalue weighted by Gasteiger charge is 2.21. The molecule has 0 aromatic heterocycles. The monoisotopic (exact) mass is 304 g/mol. The van der Waals surface area contributed by atoms with Gasteiger partial charge in [-0.2, -0.15) is 0 Å². The first kappa shape index (κ1) is 15.0. The molecule has 1 aliphatic heterocycles. The van der Waals surface area contributed by atoms with E-state index < -0.39 is 5.82 Å². The van der Waals surface area contributed by atoms with Crippen LogP contribution in [0.1, 0.15) is 31.4 Å². The van der Waals surface area contributed by atoms with E-state index in [1.807, 2.05) is 6.92 Å². The first-order chi connectivity index (χ1) is 8.99. The lowest BCUT2D eigenvalue weighted by molar-refractivity contribution is 0.293. The molecule has 2 unspecified atom stereocenters. The highest BCUT2D eigenvalue weighted by Crippen LogP contribution is 2.28. The van der Waals surface area contributed by atoms with Crippen molar-refractivity contribution in [1.82, 2.24) is 10.2 Å². The third-order valence-electron chi connectivity index (χ3n) is 3.84. The molecular weight excluding hydrogens is 286 g/mol. The van der Waals surface area contributed by atoms with Gasteiger partial charge in [-0.15, -0.1) is 0 Å². The number of halogens is 3. The van der Waals surface area contributed by atoms with E-state index in [9.17, 15) is 4.39 Å². The van der Waals surface area contributed by atoms with Gasteiger partial charge in [0, 0.05) is 23.7 Å². The molecular formula is C14H19Cl2FN2. The Hall–Kier alpha value is -0.350. The van der Waals surface area contributed by atoms with Gasteiger partial charge in [0.15, 0.2) is 0 Å². The highest BCUT2D eigenvalue weighted by molar-refractivity contribution is 6.35. The van der Waals surface area contributed by atoms with Gasteiger partial charge >= 0.3 is 0 Å². The van der Waals surface area contributed by atoms with Crippen LogP contribution in [0.4, 0.5) is 4.39 Å². The number of rotatable bonds is 4. The lowest BCUT2D eigenvalue weighted by Crippen LogP contribution is -2.36. The number of nitrogens with one attached hydrogen (secondary N) is 1. The summed E-state index contributed by atoms with van der Waals surface area (Å²) in [5.41, 5.74) is 0.754. The average Bonchev–Trinajstić information content (AvgIpc) is 2.76. The van der Waals surface area contributed by atoms with Crippen molar-refractivity contribution in [2.75, 3.05) is 20.1 Å². The lowest BCUT2D eigenvalue weighted by atomic mass is 10.1. The topological polar surface area (TPSA) is 15.3 Å². The minimum atomic E-state index is -0.423. The number of likely N-dealkylation sites (N-methyl/N-ethyl adjacent to an activating group) is 1. The van der Waals surface area contributed by atoms with Crippen LogP contribution < -0.4 is 5.32 Å². The van der Waals surface area contributed by atoms with Gasteiger partial charge in [0.1, 0.15) is 5.82 Å². The van der Waals surface area contributed by atoms with Crippen LogP contribution in [0.15, 0.2) is 12.1 Å². The van der Waals surface area contributed by atoms with Gasteiger partial charge in [0.2, 0.25) is 0 Å². The Labute approximate surface area is 123 Å². The summed E-state index contributed by atoms with van der Waals surface area (Å²) in [6.07, 6.45) is 2.45. The molecule has 2 atom stereocenters. The molecule has 1 aromatic rings. The summed E-state index contributed by atoms with van der Waals surface area (Å²) in [6, 6.07) is 3.44. The van der Waals surface area contributed by atoms with Crippen molar-refractivity contribution in [3.63, 3.8) is 0 Å². The van der Waals surface area contributed by atoms with Gasteiger partial charge in [-0.25, -0.2) is 4.39 Å². The fraction of sp³-hybridized carbons (Fsp3) is 0.571. The summed E-state index contributed by atoms with van der Waals surface area (Å²) in [5, 5.41) is 3.99. The zero-order valence-electron chi connectivity index (χ0n) is 11.2. The molecule has 106 valence electrons. The summed E-state index contributed by atoms with van der Waals surface area (Å²) >= 11 is 11.8. The normalized spacial score (nSPS) is 21.8. The van der Waals surface area contributed by atoms with Crippen molar-refractivity contribution in [3.05, 3.63) is 33.6 Å². The van der Waals surface area contributed by atoms with Gasteiger partial charge < -0.3 is 10.2 Å². The Balaban J connectivity index is 1.99. The van der Waals surface area contributed by atoms with Crippen LogP contribution in [0, 0.1) is 5.82 Å².